The van der Waals surface area contributed by atoms with Gasteiger partial charge in [0, 0.05) is 11.1 Å². The van der Waals surface area contributed by atoms with Gasteiger partial charge in [-0.25, -0.2) is 0 Å². The largest absolute Gasteiger partial charge is 0.416 e. The molecule has 0 saturated carbocycles. The van der Waals surface area contributed by atoms with E-state index in [1.807, 2.05) is 77.4 Å². The number of hydrogen-bond acceptors (Lipinski definition) is 1. The maximum Gasteiger partial charge on any atom is 0.416 e. The van der Waals surface area contributed by atoms with E-state index < -0.39 is 11.7 Å². The monoisotopic (exact) mass is 441 g/mol. The summed E-state index contributed by atoms with van der Waals surface area (Å²) in [7, 11) is 0. The maximum absolute atomic E-state index is 13.7. The first-order valence-corrected chi connectivity index (χ1v) is 10.4. The lowest BCUT2D eigenvalue weighted by molar-refractivity contribution is -0.137. The van der Waals surface area contributed by atoms with Crippen LogP contribution in [0.2, 0.25) is 0 Å². The van der Waals surface area contributed by atoms with E-state index in [0.717, 1.165) is 23.3 Å². The predicted octanol–water partition coefficient (Wildman–Crippen LogP) is 7.34. The van der Waals surface area contributed by atoms with Gasteiger partial charge in [-0.2, -0.15) is 13.2 Å². The number of alkyl halides is 3. The number of halogens is 3. The summed E-state index contributed by atoms with van der Waals surface area (Å²) in [5, 5.41) is 0.496. The molecule has 1 aromatic heterocycles. The van der Waals surface area contributed by atoms with Crippen LogP contribution in [-0.2, 0) is 6.18 Å². The number of nitrogens with zero attached hydrogens (tertiary/aromatic N) is 1. The number of benzene rings is 4. The molecule has 4 aromatic carbocycles. The van der Waals surface area contributed by atoms with E-state index in [1.54, 1.807) is 12.1 Å². The van der Waals surface area contributed by atoms with E-state index in [4.69, 9.17) is 0 Å². The zero-order valence-corrected chi connectivity index (χ0v) is 17.4. The Kier molecular flexibility index (Phi) is 5.09. The molecule has 0 N–H and O–H groups in total. The Hall–Kier alpha value is -4.12. The fourth-order valence-electron chi connectivity index (χ4n) is 4.14. The normalized spacial score (nSPS) is 11.6. The average molecular weight is 441 g/mol. The number of fused-ring (bicyclic) bond motifs is 1. The summed E-state index contributed by atoms with van der Waals surface area (Å²) in [6.07, 6.45) is -4.43. The molecule has 5 rings (SSSR count). The van der Waals surface area contributed by atoms with E-state index in [1.165, 1.54) is 12.1 Å². The quantitative estimate of drug-likeness (QED) is 0.287. The molecule has 5 heteroatoms. The highest BCUT2D eigenvalue weighted by Gasteiger charge is 2.30. The lowest BCUT2D eigenvalue weighted by atomic mass is 9.95. The smallest absolute Gasteiger partial charge is 0.308 e. The van der Waals surface area contributed by atoms with Gasteiger partial charge < -0.3 is 4.57 Å². The molecule has 0 bridgehead atoms. The van der Waals surface area contributed by atoms with Crippen molar-refractivity contribution in [2.24, 2.45) is 0 Å². The third-order valence-electron chi connectivity index (χ3n) is 5.64. The van der Waals surface area contributed by atoms with Gasteiger partial charge in [0.1, 0.15) is 0 Å². The molecule has 33 heavy (non-hydrogen) atoms. The molecule has 0 spiro atoms. The Morgan fingerprint density at radius 2 is 1.15 bits per heavy atom. The molecule has 0 unspecified atom stereocenters. The predicted molar refractivity (Wildman–Crippen MR) is 125 cm³/mol. The molecule has 0 atom stereocenters. The standard InChI is InChI=1S/C28H18F3NO/c29-28(30,31)21-15-17-22(18-16-21)32-24-14-8-7-13-23(24)27(33)25(19-9-3-1-4-10-19)26(32)20-11-5-2-6-12-20/h1-18H. The molecule has 0 radical (unpaired) electrons. The first-order chi connectivity index (χ1) is 15.9. The molecule has 0 aliphatic rings. The van der Waals surface area contributed by atoms with Crippen molar-refractivity contribution in [1.29, 1.82) is 0 Å². The highest BCUT2D eigenvalue weighted by Crippen LogP contribution is 2.36. The first-order valence-electron chi connectivity index (χ1n) is 10.4. The Labute approximate surface area is 188 Å². The molecular weight excluding hydrogens is 423 g/mol. The summed E-state index contributed by atoms with van der Waals surface area (Å²) in [4.78, 5) is 13.7. The number of pyridine rings is 1. The van der Waals surface area contributed by atoms with Crippen LogP contribution in [0.3, 0.4) is 0 Å². The summed E-state index contributed by atoms with van der Waals surface area (Å²) < 4.78 is 41.5. The van der Waals surface area contributed by atoms with E-state index in [2.05, 4.69) is 0 Å². The number of hydrogen-bond donors (Lipinski definition) is 0. The second-order valence-corrected chi connectivity index (χ2v) is 7.68. The molecular formula is C28H18F3NO. The van der Waals surface area contributed by atoms with Crippen molar-refractivity contribution in [2.75, 3.05) is 0 Å². The van der Waals surface area contributed by atoms with Crippen molar-refractivity contribution >= 4 is 10.9 Å². The van der Waals surface area contributed by atoms with Gasteiger partial charge in [-0.3, -0.25) is 4.79 Å². The highest BCUT2D eigenvalue weighted by atomic mass is 19.4. The molecule has 0 aliphatic heterocycles. The van der Waals surface area contributed by atoms with Crippen molar-refractivity contribution in [3.05, 3.63) is 125 Å². The maximum atomic E-state index is 13.7. The molecule has 0 fully saturated rings. The zero-order valence-electron chi connectivity index (χ0n) is 17.4. The van der Waals surface area contributed by atoms with Crippen molar-refractivity contribution in [3.8, 4) is 28.1 Å². The molecule has 0 saturated heterocycles. The van der Waals surface area contributed by atoms with Crippen LogP contribution in [0, 0.1) is 0 Å². The average Bonchev–Trinajstić information content (AvgIpc) is 2.84. The molecule has 0 aliphatic carbocycles. The number of para-hydroxylation sites is 1. The topological polar surface area (TPSA) is 22.0 Å². The van der Waals surface area contributed by atoms with E-state index in [9.17, 15) is 18.0 Å². The zero-order chi connectivity index (χ0) is 23.0. The summed E-state index contributed by atoms with van der Waals surface area (Å²) in [5.74, 6) is 0. The van der Waals surface area contributed by atoms with Crippen LogP contribution in [0.15, 0.2) is 114 Å². The van der Waals surface area contributed by atoms with E-state index in [0.29, 0.717) is 27.8 Å². The fourth-order valence-corrected chi connectivity index (χ4v) is 4.14. The van der Waals surface area contributed by atoms with Crippen LogP contribution in [0.4, 0.5) is 13.2 Å². The van der Waals surface area contributed by atoms with Gasteiger partial charge in [0.15, 0.2) is 5.43 Å². The molecule has 5 aromatic rings. The molecule has 0 amide bonds. The minimum atomic E-state index is -4.43. The van der Waals surface area contributed by atoms with Crippen molar-refractivity contribution in [3.63, 3.8) is 0 Å². The molecule has 162 valence electrons. The Morgan fingerprint density at radius 1 is 0.606 bits per heavy atom. The van der Waals surface area contributed by atoms with E-state index >= 15 is 0 Å². The van der Waals surface area contributed by atoms with Gasteiger partial charge in [-0.05, 0) is 47.5 Å². The minimum absolute atomic E-state index is 0.126. The molecule has 1 heterocycles. The van der Waals surface area contributed by atoms with Crippen LogP contribution >= 0.6 is 0 Å². The van der Waals surface area contributed by atoms with Gasteiger partial charge >= 0.3 is 6.18 Å². The second kappa shape index (κ2) is 8.10. The van der Waals surface area contributed by atoms with Gasteiger partial charge in [0.2, 0.25) is 0 Å². The van der Waals surface area contributed by atoms with Crippen molar-refractivity contribution in [2.45, 2.75) is 6.18 Å². The summed E-state index contributed by atoms with van der Waals surface area (Å²) >= 11 is 0. The lowest BCUT2D eigenvalue weighted by Crippen LogP contribution is -2.15. The minimum Gasteiger partial charge on any atom is -0.308 e. The summed E-state index contributed by atoms with van der Waals surface area (Å²) in [6.45, 7) is 0. The first kappa shape index (κ1) is 20.8. The van der Waals surface area contributed by atoms with Gasteiger partial charge in [0.25, 0.3) is 0 Å². The van der Waals surface area contributed by atoms with Crippen LogP contribution in [0.5, 0.6) is 0 Å². The fraction of sp³-hybridized carbons (Fsp3) is 0.0357. The van der Waals surface area contributed by atoms with Crippen molar-refractivity contribution in [1.82, 2.24) is 4.57 Å². The Balaban J connectivity index is 1.94. The van der Waals surface area contributed by atoms with Crippen LogP contribution < -0.4 is 5.43 Å². The Bertz CT molecular complexity index is 1490. The third-order valence-corrected chi connectivity index (χ3v) is 5.64. The van der Waals surface area contributed by atoms with Crippen molar-refractivity contribution < 1.29 is 13.2 Å². The second-order valence-electron chi connectivity index (χ2n) is 7.68. The van der Waals surface area contributed by atoms with Crippen LogP contribution in [0.1, 0.15) is 5.56 Å². The SMILES string of the molecule is O=c1c(-c2ccccc2)c(-c2ccccc2)n(-c2ccc(C(F)(F)F)cc2)c2ccccc12. The summed E-state index contributed by atoms with van der Waals surface area (Å²) in [6, 6.07) is 31.0. The lowest BCUT2D eigenvalue weighted by Gasteiger charge is -2.22. The van der Waals surface area contributed by atoms with Gasteiger partial charge in [-0.15, -0.1) is 0 Å². The highest BCUT2D eigenvalue weighted by molar-refractivity contribution is 5.94. The Morgan fingerprint density at radius 3 is 1.76 bits per heavy atom. The van der Waals surface area contributed by atoms with Gasteiger partial charge in [-0.1, -0.05) is 72.8 Å². The number of rotatable bonds is 3. The van der Waals surface area contributed by atoms with Gasteiger partial charge in [0.05, 0.1) is 22.3 Å². The summed E-state index contributed by atoms with van der Waals surface area (Å²) in [5.41, 5.74) is 2.98. The number of aromatic nitrogens is 1. The molecule has 2 nitrogen and oxygen atoms in total. The third kappa shape index (κ3) is 3.72. The van der Waals surface area contributed by atoms with E-state index in [-0.39, 0.29) is 5.43 Å². The van der Waals surface area contributed by atoms with Crippen LogP contribution in [0.25, 0.3) is 39.0 Å². The van der Waals surface area contributed by atoms with Crippen LogP contribution in [-0.4, -0.2) is 4.57 Å².